The first-order valence-corrected chi connectivity index (χ1v) is 11.0. The van der Waals surface area contributed by atoms with Crippen LogP contribution in [-0.2, 0) is 16.0 Å². The van der Waals surface area contributed by atoms with Crippen molar-refractivity contribution in [3.05, 3.63) is 65.4 Å². The second kappa shape index (κ2) is 9.54. The molecule has 2 saturated heterocycles. The van der Waals surface area contributed by atoms with Crippen LogP contribution in [0.15, 0.2) is 42.9 Å². The Morgan fingerprint density at radius 2 is 2.18 bits per heavy atom. The maximum atomic E-state index is 12.9. The minimum absolute atomic E-state index is 0.0817. The van der Waals surface area contributed by atoms with Crippen LogP contribution in [0.5, 0.6) is 5.75 Å². The molecule has 4 heterocycles. The van der Waals surface area contributed by atoms with Crippen LogP contribution in [0, 0.1) is 6.57 Å². The van der Waals surface area contributed by atoms with E-state index in [1.54, 1.807) is 25.4 Å². The van der Waals surface area contributed by atoms with Gasteiger partial charge in [-0.3, -0.25) is 9.69 Å². The molecule has 2 aliphatic heterocycles. The standard InChI is InChI=1S/C23H24N8O3/c1-24-19-5-4-17(10-20(19)33-2)21-13-29-7-8-30(12-18(29)14-34-21)23(32)9-16-3-6-22(25-11-16)31-15-26-27-28-31/h3-6,10-11,15,18,21H,7-9,12-14H2,2H3/t18-,21+/m1/s1. The molecule has 2 aliphatic rings. The first-order chi connectivity index (χ1) is 16.6. The zero-order valence-corrected chi connectivity index (χ0v) is 18.7. The van der Waals surface area contributed by atoms with E-state index in [9.17, 15) is 4.79 Å². The van der Waals surface area contributed by atoms with Crippen LogP contribution in [0.3, 0.4) is 0 Å². The van der Waals surface area contributed by atoms with Crippen molar-refractivity contribution >= 4 is 11.6 Å². The van der Waals surface area contributed by atoms with E-state index in [1.165, 1.54) is 11.0 Å². The summed E-state index contributed by atoms with van der Waals surface area (Å²) >= 11 is 0. The average molecular weight is 460 g/mol. The van der Waals surface area contributed by atoms with Crippen molar-refractivity contribution in [3.63, 3.8) is 0 Å². The van der Waals surface area contributed by atoms with Crippen molar-refractivity contribution in [2.45, 2.75) is 18.6 Å². The van der Waals surface area contributed by atoms with E-state index in [1.807, 2.05) is 23.1 Å². The average Bonchev–Trinajstić information content (AvgIpc) is 3.43. The van der Waals surface area contributed by atoms with Gasteiger partial charge in [0.05, 0.1) is 38.9 Å². The van der Waals surface area contributed by atoms with Gasteiger partial charge in [0.2, 0.25) is 11.6 Å². The topological polar surface area (TPSA) is 103 Å². The summed E-state index contributed by atoms with van der Waals surface area (Å²) in [7, 11) is 1.57. The lowest BCUT2D eigenvalue weighted by Crippen LogP contribution is -2.59. The van der Waals surface area contributed by atoms with Gasteiger partial charge in [-0.15, -0.1) is 5.10 Å². The van der Waals surface area contributed by atoms with Gasteiger partial charge < -0.3 is 14.4 Å². The van der Waals surface area contributed by atoms with Gasteiger partial charge in [-0.2, -0.15) is 4.68 Å². The van der Waals surface area contributed by atoms with Gasteiger partial charge in [0, 0.05) is 32.4 Å². The Morgan fingerprint density at radius 1 is 1.26 bits per heavy atom. The number of carbonyl (C=O) groups is 1. The molecule has 0 spiro atoms. The lowest BCUT2D eigenvalue weighted by molar-refractivity contribution is -0.139. The molecule has 0 aliphatic carbocycles. The molecule has 34 heavy (non-hydrogen) atoms. The summed E-state index contributed by atoms with van der Waals surface area (Å²) in [5, 5.41) is 11.0. The largest absolute Gasteiger partial charge is 0.508 e. The number of methoxy groups -OCH3 is 1. The molecule has 2 atom stereocenters. The normalized spacial score (nSPS) is 20.4. The summed E-state index contributed by atoms with van der Waals surface area (Å²) in [4.78, 5) is 25.1. The maximum absolute atomic E-state index is 12.9. The first kappa shape index (κ1) is 21.9. The van der Waals surface area contributed by atoms with Gasteiger partial charge in [-0.25, -0.2) is 9.83 Å². The number of hydrogen-bond acceptors (Lipinski definition) is 8. The lowest BCUT2D eigenvalue weighted by Gasteiger charge is -2.46. The zero-order valence-electron chi connectivity index (χ0n) is 18.7. The molecule has 2 fully saturated rings. The monoisotopic (exact) mass is 460 g/mol. The highest BCUT2D eigenvalue weighted by Gasteiger charge is 2.35. The molecule has 0 radical (unpaired) electrons. The molecule has 174 valence electrons. The Bertz CT molecular complexity index is 1190. The summed E-state index contributed by atoms with van der Waals surface area (Å²) < 4.78 is 13.0. The van der Waals surface area contributed by atoms with Crippen molar-refractivity contribution < 1.29 is 14.3 Å². The van der Waals surface area contributed by atoms with E-state index >= 15 is 0 Å². The van der Waals surface area contributed by atoms with Gasteiger partial charge in [-0.05, 0) is 33.7 Å². The molecular weight excluding hydrogens is 436 g/mol. The van der Waals surface area contributed by atoms with Gasteiger partial charge >= 0.3 is 0 Å². The van der Waals surface area contributed by atoms with Gasteiger partial charge in [0.25, 0.3) is 0 Å². The van der Waals surface area contributed by atoms with Gasteiger partial charge in [0.1, 0.15) is 12.1 Å². The zero-order chi connectivity index (χ0) is 23.5. The van der Waals surface area contributed by atoms with Crippen LogP contribution in [0.2, 0.25) is 0 Å². The highest BCUT2D eigenvalue weighted by atomic mass is 16.5. The van der Waals surface area contributed by atoms with E-state index in [0.717, 1.165) is 24.2 Å². The number of amides is 1. The second-order valence-electron chi connectivity index (χ2n) is 8.31. The van der Waals surface area contributed by atoms with Crippen molar-refractivity contribution in [2.75, 3.05) is 39.9 Å². The fourth-order valence-corrected chi connectivity index (χ4v) is 4.41. The molecule has 0 bridgehead atoms. The van der Waals surface area contributed by atoms with E-state index in [2.05, 4.69) is 30.3 Å². The smallest absolute Gasteiger partial charge is 0.228 e. The fraction of sp³-hybridized carbons (Fsp3) is 0.391. The molecular formula is C23H24N8O3. The van der Waals surface area contributed by atoms with Crippen LogP contribution >= 0.6 is 0 Å². The second-order valence-corrected chi connectivity index (χ2v) is 8.31. The molecule has 0 saturated carbocycles. The summed E-state index contributed by atoms with van der Waals surface area (Å²) in [6.45, 7) is 10.7. The number of fused-ring (bicyclic) bond motifs is 1. The maximum Gasteiger partial charge on any atom is 0.228 e. The number of piperazine rings is 1. The number of morpholine rings is 1. The highest BCUT2D eigenvalue weighted by Crippen LogP contribution is 2.34. The highest BCUT2D eigenvalue weighted by molar-refractivity contribution is 5.79. The predicted octanol–water partition coefficient (Wildman–Crippen LogP) is 1.44. The van der Waals surface area contributed by atoms with E-state index in [-0.39, 0.29) is 18.1 Å². The summed E-state index contributed by atoms with van der Waals surface area (Å²) in [5.74, 6) is 1.25. The molecule has 3 aromatic rings. The summed E-state index contributed by atoms with van der Waals surface area (Å²) in [6.07, 6.45) is 3.37. The third-order valence-electron chi connectivity index (χ3n) is 6.29. The molecule has 1 aromatic carbocycles. The molecule has 1 amide bonds. The molecule has 11 nitrogen and oxygen atoms in total. The van der Waals surface area contributed by atoms with E-state index in [4.69, 9.17) is 16.0 Å². The third kappa shape index (κ3) is 4.46. The lowest BCUT2D eigenvalue weighted by atomic mass is 10.0. The molecule has 0 unspecified atom stereocenters. The van der Waals surface area contributed by atoms with Crippen LogP contribution < -0.4 is 4.74 Å². The Balaban J connectivity index is 1.17. The van der Waals surface area contributed by atoms with Gasteiger partial charge in [0.15, 0.2) is 5.82 Å². The Labute approximate surface area is 196 Å². The van der Waals surface area contributed by atoms with Crippen molar-refractivity contribution in [1.82, 2.24) is 35.0 Å². The number of aromatic nitrogens is 5. The molecule has 5 rings (SSSR count). The third-order valence-corrected chi connectivity index (χ3v) is 6.29. The number of rotatable bonds is 5. The Kier molecular flexibility index (Phi) is 6.16. The van der Waals surface area contributed by atoms with E-state index in [0.29, 0.717) is 43.4 Å². The number of carbonyl (C=O) groups excluding carboxylic acids is 1. The number of ether oxygens (including phenoxy) is 2. The number of pyridine rings is 1. The number of benzene rings is 1. The van der Waals surface area contributed by atoms with Crippen molar-refractivity contribution in [3.8, 4) is 11.6 Å². The van der Waals surface area contributed by atoms with Crippen molar-refractivity contribution in [2.24, 2.45) is 0 Å². The minimum atomic E-state index is -0.0861. The Hall–Kier alpha value is -3.88. The summed E-state index contributed by atoms with van der Waals surface area (Å²) in [6, 6.07) is 9.43. The van der Waals surface area contributed by atoms with Crippen LogP contribution in [0.1, 0.15) is 17.2 Å². The number of nitrogens with zero attached hydrogens (tertiary/aromatic N) is 8. The van der Waals surface area contributed by atoms with Gasteiger partial charge in [-0.1, -0.05) is 18.2 Å². The number of tetrazole rings is 1. The van der Waals surface area contributed by atoms with Crippen molar-refractivity contribution in [1.29, 1.82) is 0 Å². The van der Waals surface area contributed by atoms with Crippen LogP contribution in [0.25, 0.3) is 10.7 Å². The molecule has 11 heteroatoms. The van der Waals surface area contributed by atoms with Crippen LogP contribution in [0.4, 0.5) is 5.69 Å². The minimum Gasteiger partial charge on any atom is -0.508 e. The molecule has 2 aromatic heterocycles. The number of hydrogen-bond donors (Lipinski definition) is 0. The Morgan fingerprint density at radius 3 is 2.91 bits per heavy atom. The SMILES string of the molecule is [C-]#[N+]c1ccc([C@@H]2CN3CCN(C(=O)Cc4ccc(-n5cnnn5)nc4)C[C@@H]3CO2)cc1OC. The predicted molar refractivity (Wildman–Crippen MR) is 121 cm³/mol. The quantitative estimate of drug-likeness (QED) is 0.527. The fourth-order valence-electron chi connectivity index (χ4n) is 4.41. The van der Waals surface area contributed by atoms with Crippen LogP contribution in [-0.4, -0.2) is 86.8 Å². The van der Waals surface area contributed by atoms with E-state index < -0.39 is 0 Å². The summed E-state index contributed by atoms with van der Waals surface area (Å²) in [5.41, 5.74) is 2.34. The molecule has 0 N–H and O–H groups in total. The first-order valence-electron chi connectivity index (χ1n) is 11.0.